The van der Waals surface area contributed by atoms with Crippen molar-refractivity contribution in [3.63, 3.8) is 0 Å². The van der Waals surface area contributed by atoms with Crippen LogP contribution < -0.4 is 10.3 Å². The van der Waals surface area contributed by atoms with E-state index in [1.165, 1.54) is 4.57 Å². The number of aliphatic carboxylic acids is 1. The topological polar surface area (TPSA) is 68.5 Å². The Kier molecular flexibility index (Phi) is 4.51. The van der Waals surface area contributed by atoms with E-state index in [1.807, 2.05) is 0 Å². The van der Waals surface area contributed by atoms with Crippen molar-refractivity contribution in [2.24, 2.45) is 0 Å². The van der Waals surface area contributed by atoms with Crippen LogP contribution in [-0.4, -0.2) is 22.2 Å². The minimum atomic E-state index is -0.940. The number of aryl methyl sites for hydroxylation is 1. The maximum absolute atomic E-state index is 11.8. The fourth-order valence-corrected chi connectivity index (χ4v) is 1.22. The van der Waals surface area contributed by atoms with Gasteiger partial charge in [0, 0.05) is 12.7 Å². The van der Waals surface area contributed by atoms with E-state index in [4.69, 9.17) is 9.84 Å². The molecule has 5 nitrogen and oxygen atoms in total. The smallest absolute Gasteiger partial charge is 0.305 e. The molecule has 92 valence electrons. The van der Waals surface area contributed by atoms with E-state index < -0.39 is 5.97 Å². The fourth-order valence-electron chi connectivity index (χ4n) is 1.22. The van der Waals surface area contributed by atoms with Crippen molar-refractivity contribution in [3.8, 4) is 5.75 Å². The molecular weight excluding hydrogens is 222 g/mol. The summed E-state index contributed by atoms with van der Waals surface area (Å²) in [5, 5.41) is 8.55. The average Bonchev–Trinajstić information content (AvgIpc) is 2.25. The number of hydrogen-bond acceptors (Lipinski definition) is 3. The van der Waals surface area contributed by atoms with Crippen molar-refractivity contribution >= 4 is 5.97 Å². The van der Waals surface area contributed by atoms with Gasteiger partial charge in [0.15, 0.2) is 5.75 Å². The lowest BCUT2D eigenvalue weighted by Crippen LogP contribution is -2.22. The summed E-state index contributed by atoms with van der Waals surface area (Å²) in [5.74, 6) is -0.731. The van der Waals surface area contributed by atoms with Crippen molar-refractivity contribution in [1.82, 2.24) is 4.57 Å². The van der Waals surface area contributed by atoms with Crippen LogP contribution in [0.15, 0.2) is 35.3 Å². The van der Waals surface area contributed by atoms with Crippen molar-refractivity contribution in [3.05, 3.63) is 40.8 Å². The van der Waals surface area contributed by atoms with Crippen molar-refractivity contribution in [1.29, 1.82) is 0 Å². The summed E-state index contributed by atoms with van der Waals surface area (Å²) in [6, 6.07) is 3.21. The summed E-state index contributed by atoms with van der Waals surface area (Å²) in [6.45, 7) is 5.88. The molecule has 1 aromatic rings. The lowest BCUT2D eigenvalue weighted by molar-refractivity contribution is -0.137. The molecule has 0 aliphatic carbocycles. The van der Waals surface area contributed by atoms with Crippen LogP contribution in [-0.2, 0) is 11.3 Å². The van der Waals surface area contributed by atoms with Gasteiger partial charge in [-0.15, -0.1) is 0 Å². The van der Waals surface area contributed by atoms with Crippen LogP contribution in [0.2, 0.25) is 0 Å². The van der Waals surface area contributed by atoms with Crippen molar-refractivity contribution in [2.75, 3.05) is 6.61 Å². The first-order chi connectivity index (χ1) is 8.00. The van der Waals surface area contributed by atoms with Gasteiger partial charge in [0.05, 0.1) is 6.42 Å². The molecule has 0 fully saturated rings. The number of rotatable bonds is 6. The lowest BCUT2D eigenvalue weighted by atomic mass is 10.3. The van der Waals surface area contributed by atoms with Gasteiger partial charge in [0.25, 0.3) is 5.56 Å². The van der Waals surface area contributed by atoms with E-state index in [-0.39, 0.29) is 30.9 Å². The van der Waals surface area contributed by atoms with E-state index >= 15 is 0 Å². The minimum absolute atomic E-state index is 0.0934. The highest BCUT2D eigenvalue weighted by Crippen LogP contribution is 2.04. The molecule has 5 heteroatoms. The maximum atomic E-state index is 11.8. The molecule has 0 aromatic carbocycles. The van der Waals surface area contributed by atoms with Crippen molar-refractivity contribution < 1.29 is 14.6 Å². The van der Waals surface area contributed by atoms with Gasteiger partial charge in [-0.1, -0.05) is 6.58 Å². The quantitative estimate of drug-likeness (QED) is 0.757. The first kappa shape index (κ1) is 13.0. The summed E-state index contributed by atoms with van der Waals surface area (Å²) in [6.07, 6.45) is 1.45. The van der Waals surface area contributed by atoms with Crippen LogP contribution in [0.1, 0.15) is 13.3 Å². The SMILES string of the molecule is C=C(C)COc1cccn(CCC(=O)O)c1=O. The molecule has 17 heavy (non-hydrogen) atoms. The zero-order chi connectivity index (χ0) is 12.8. The van der Waals surface area contributed by atoms with E-state index in [0.717, 1.165) is 5.57 Å². The lowest BCUT2D eigenvalue weighted by Gasteiger charge is -2.08. The maximum Gasteiger partial charge on any atom is 0.305 e. The summed E-state index contributed by atoms with van der Waals surface area (Å²) >= 11 is 0. The predicted octanol–water partition coefficient (Wildman–Crippen LogP) is 1.28. The molecule has 0 atom stereocenters. The molecule has 1 aromatic heterocycles. The van der Waals surface area contributed by atoms with Gasteiger partial charge < -0.3 is 14.4 Å². The largest absolute Gasteiger partial charge is 0.484 e. The van der Waals surface area contributed by atoms with Crippen LogP contribution in [0.3, 0.4) is 0 Å². The Morgan fingerprint density at radius 2 is 2.29 bits per heavy atom. The van der Waals surface area contributed by atoms with Gasteiger partial charge >= 0.3 is 5.97 Å². The Bertz CT molecular complexity index is 436. The number of ether oxygens (including phenoxy) is 1. The normalized spacial score (nSPS) is 9.94. The number of aromatic nitrogens is 1. The zero-order valence-corrected chi connectivity index (χ0v) is 9.68. The first-order valence-corrected chi connectivity index (χ1v) is 5.19. The number of carboxylic acid groups (broad SMARTS) is 1. The van der Waals surface area contributed by atoms with Crippen LogP contribution >= 0.6 is 0 Å². The fraction of sp³-hybridized carbons (Fsp3) is 0.333. The number of hydrogen-bond donors (Lipinski definition) is 1. The third-order valence-electron chi connectivity index (χ3n) is 2.03. The zero-order valence-electron chi connectivity index (χ0n) is 9.68. The molecule has 1 N–H and O–H groups in total. The number of nitrogens with zero attached hydrogens (tertiary/aromatic N) is 1. The van der Waals surface area contributed by atoms with Crippen LogP contribution in [0, 0.1) is 0 Å². The second-order valence-electron chi connectivity index (χ2n) is 3.76. The Labute approximate surface area is 99.0 Å². The van der Waals surface area contributed by atoms with Gasteiger partial charge in [0.1, 0.15) is 6.61 Å². The molecule has 0 saturated heterocycles. The van der Waals surface area contributed by atoms with Gasteiger partial charge in [-0.3, -0.25) is 9.59 Å². The van der Waals surface area contributed by atoms with E-state index in [2.05, 4.69) is 6.58 Å². The van der Waals surface area contributed by atoms with Gasteiger partial charge in [-0.25, -0.2) is 0 Å². The third kappa shape index (κ3) is 4.14. The number of pyridine rings is 1. The molecule has 1 heterocycles. The predicted molar refractivity (Wildman–Crippen MR) is 63.3 cm³/mol. The van der Waals surface area contributed by atoms with Crippen LogP contribution in [0.25, 0.3) is 0 Å². The molecule has 0 aliphatic rings. The van der Waals surface area contributed by atoms with Crippen molar-refractivity contribution in [2.45, 2.75) is 19.9 Å². The molecule has 1 rings (SSSR count). The summed E-state index contributed by atoms with van der Waals surface area (Å²) in [7, 11) is 0. The van der Waals surface area contributed by atoms with Gasteiger partial charge in [-0.2, -0.15) is 0 Å². The number of carbonyl (C=O) groups is 1. The van der Waals surface area contributed by atoms with E-state index in [1.54, 1.807) is 25.3 Å². The molecule has 0 radical (unpaired) electrons. The highest BCUT2D eigenvalue weighted by Gasteiger charge is 2.05. The van der Waals surface area contributed by atoms with E-state index in [9.17, 15) is 9.59 Å². The highest BCUT2D eigenvalue weighted by atomic mass is 16.5. The number of carboxylic acids is 1. The first-order valence-electron chi connectivity index (χ1n) is 5.19. The highest BCUT2D eigenvalue weighted by molar-refractivity contribution is 5.66. The Balaban J connectivity index is 2.80. The Hall–Kier alpha value is -2.04. The molecular formula is C12H15NO4. The molecule has 0 bridgehead atoms. The molecule has 0 amide bonds. The molecule has 0 saturated carbocycles. The minimum Gasteiger partial charge on any atom is -0.484 e. The third-order valence-corrected chi connectivity index (χ3v) is 2.03. The molecule has 0 aliphatic heterocycles. The average molecular weight is 237 g/mol. The van der Waals surface area contributed by atoms with Gasteiger partial charge in [0.2, 0.25) is 0 Å². The molecule has 0 spiro atoms. The standard InChI is InChI=1S/C12H15NO4/c1-9(2)8-17-10-4-3-6-13(12(10)16)7-5-11(14)15/h3-4,6H,1,5,7-8H2,2H3,(H,14,15). The van der Waals surface area contributed by atoms with E-state index in [0.29, 0.717) is 0 Å². The second kappa shape index (κ2) is 5.89. The Morgan fingerprint density at radius 3 is 2.88 bits per heavy atom. The monoisotopic (exact) mass is 237 g/mol. The van der Waals surface area contributed by atoms with Crippen LogP contribution in [0.5, 0.6) is 5.75 Å². The second-order valence-corrected chi connectivity index (χ2v) is 3.76. The van der Waals surface area contributed by atoms with Crippen LogP contribution in [0.4, 0.5) is 0 Å². The summed E-state index contributed by atoms with van der Waals surface area (Å²) in [5.41, 5.74) is 0.486. The summed E-state index contributed by atoms with van der Waals surface area (Å²) in [4.78, 5) is 22.2. The molecule has 0 unspecified atom stereocenters. The van der Waals surface area contributed by atoms with Gasteiger partial charge in [-0.05, 0) is 24.6 Å². The Morgan fingerprint density at radius 1 is 1.59 bits per heavy atom. The summed E-state index contributed by atoms with van der Waals surface area (Å²) < 4.78 is 6.59.